The van der Waals surface area contributed by atoms with Crippen molar-refractivity contribution in [3.05, 3.63) is 96.8 Å². The average molecular weight is 397 g/mol. The van der Waals surface area contributed by atoms with Gasteiger partial charge in [-0.15, -0.1) is 0 Å². The minimum Gasteiger partial charge on any atom is -0.341 e. The maximum atomic E-state index is 12.8. The zero-order chi connectivity index (χ0) is 20.8. The largest absolute Gasteiger partial charge is 0.341 e. The van der Waals surface area contributed by atoms with Gasteiger partial charge >= 0.3 is 0 Å². The molecule has 0 spiro atoms. The molecule has 0 aliphatic carbocycles. The van der Waals surface area contributed by atoms with Gasteiger partial charge in [0.25, 0.3) is 5.91 Å². The SMILES string of the molecule is O=CC(Cc1ccccc1)NC(=O)c1cncn1-c1ncc(-c2ccccc2)cn1. The van der Waals surface area contributed by atoms with Crippen LogP contribution in [0.2, 0.25) is 0 Å². The van der Waals surface area contributed by atoms with Crippen LogP contribution in [-0.4, -0.2) is 37.8 Å². The van der Waals surface area contributed by atoms with Crippen LogP contribution in [0.5, 0.6) is 0 Å². The number of aromatic nitrogens is 4. The number of rotatable bonds is 7. The molecule has 0 radical (unpaired) electrons. The van der Waals surface area contributed by atoms with Crippen LogP contribution in [0, 0.1) is 0 Å². The minimum atomic E-state index is -0.648. The van der Waals surface area contributed by atoms with Crippen molar-refractivity contribution in [1.82, 2.24) is 24.8 Å². The lowest BCUT2D eigenvalue weighted by Crippen LogP contribution is -2.38. The summed E-state index contributed by atoms with van der Waals surface area (Å²) in [4.78, 5) is 37.0. The van der Waals surface area contributed by atoms with Crippen molar-refractivity contribution in [2.45, 2.75) is 12.5 Å². The van der Waals surface area contributed by atoms with Crippen LogP contribution in [0.15, 0.2) is 85.6 Å². The molecule has 30 heavy (non-hydrogen) atoms. The minimum absolute atomic E-state index is 0.252. The first-order valence-electron chi connectivity index (χ1n) is 9.45. The second-order valence-electron chi connectivity index (χ2n) is 6.69. The molecule has 0 bridgehead atoms. The Hall–Kier alpha value is -4.13. The van der Waals surface area contributed by atoms with Crippen LogP contribution in [0.4, 0.5) is 0 Å². The van der Waals surface area contributed by atoms with Gasteiger partial charge < -0.3 is 10.1 Å². The fraction of sp³-hybridized carbons (Fsp3) is 0.0870. The third-order valence-electron chi connectivity index (χ3n) is 4.61. The van der Waals surface area contributed by atoms with E-state index in [-0.39, 0.29) is 5.69 Å². The maximum Gasteiger partial charge on any atom is 0.270 e. The first-order valence-corrected chi connectivity index (χ1v) is 9.45. The van der Waals surface area contributed by atoms with Crippen molar-refractivity contribution in [1.29, 1.82) is 0 Å². The Labute approximate surface area is 173 Å². The van der Waals surface area contributed by atoms with Crippen molar-refractivity contribution in [2.24, 2.45) is 0 Å². The lowest BCUT2D eigenvalue weighted by atomic mass is 10.1. The summed E-state index contributed by atoms with van der Waals surface area (Å²) >= 11 is 0. The van der Waals surface area contributed by atoms with E-state index >= 15 is 0 Å². The molecule has 1 N–H and O–H groups in total. The summed E-state index contributed by atoms with van der Waals surface area (Å²) in [5, 5.41) is 2.74. The fourth-order valence-corrected chi connectivity index (χ4v) is 3.09. The van der Waals surface area contributed by atoms with E-state index in [0.29, 0.717) is 12.4 Å². The van der Waals surface area contributed by atoms with Crippen LogP contribution < -0.4 is 5.32 Å². The standard InChI is InChI=1S/C23H19N5O2/c29-15-20(11-17-7-3-1-4-8-17)27-22(30)21-14-24-16-28(21)23-25-12-19(13-26-23)18-9-5-2-6-10-18/h1-10,12-16,20H,11H2,(H,27,30). The maximum absolute atomic E-state index is 12.8. The van der Waals surface area contributed by atoms with E-state index in [9.17, 15) is 9.59 Å². The van der Waals surface area contributed by atoms with E-state index in [1.165, 1.54) is 17.1 Å². The summed E-state index contributed by atoms with van der Waals surface area (Å²) in [5.74, 6) is -0.0979. The van der Waals surface area contributed by atoms with Crippen LogP contribution in [0.3, 0.4) is 0 Å². The van der Waals surface area contributed by atoms with Gasteiger partial charge in [-0.2, -0.15) is 0 Å². The first-order chi connectivity index (χ1) is 14.7. The molecule has 0 aliphatic rings. The van der Waals surface area contributed by atoms with Crippen molar-refractivity contribution in [2.75, 3.05) is 0 Å². The van der Waals surface area contributed by atoms with Crippen molar-refractivity contribution >= 4 is 12.2 Å². The Balaban J connectivity index is 1.51. The van der Waals surface area contributed by atoms with Gasteiger partial charge in [0.2, 0.25) is 5.95 Å². The van der Waals surface area contributed by atoms with Crippen LogP contribution >= 0.6 is 0 Å². The number of carbonyl (C=O) groups excluding carboxylic acids is 2. The van der Waals surface area contributed by atoms with Gasteiger partial charge in [0.05, 0.1) is 12.2 Å². The Bertz CT molecular complexity index is 1130. The van der Waals surface area contributed by atoms with Gasteiger partial charge in [-0.05, 0) is 17.5 Å². The number of nitrogens with one attached hydrogen (secondary N) is 1. The monoisotopic (exact) mass is 397 g/mol. The summed E-state index contributed by atoms with van der Waals surface area (Å²) in [6, 6.07) is 18.6. The summed E-state index contributed by atoms with van der Waals surface area (Å²) in [5.41, 5.74) is 3.09. The number of benzene rings is 2. The molecular formula is C23H19N5O2. The van der Waals surface area contributed by atoms with Gasteiger partial charge in [-0.3, -0.25) is 9.36 Å². The molecule has 7 heteroatoms. The van der Waals surface area contributed by atoms with Crippen molar-refractivity contribution in [3.8, 4) is 17.1 Å². The van der Waals surface area contributed by atoms with Gasteiger partial charge in [-0.25, -0.2) is 15.0 Å². The number of nitrogens with zero attached hydrogens (tertiary/aromatic N) is 4. The Morgan fingerprint density at radius 3 is 2.27 bits per heavy atom. The van der Waals surface area contributed by atoms with E-state index in [1.54, 1.807) is 12.4 Å². The molecular weight excluding hydrogens is 378 g/mol. The molecule has 4 rings (SSSR count). The molecule has 1 atom stereocenters. The second kappa shape index (κ2) is 8.91. The van der Waals surface area contributed by atoms with Gasteiger partial charge in [-0.1, -0.05) is 60.7 Å². The Morgan fingerprint density at radius 1 is 0.933 bits per heavy atom. The lowest BCUT2D eigenvalue weighted by Gasteiger charge is -2.13. The highest BCUT2D eigenvalue weighted by Gasteiger charge is 2.18. The highest BCUT2D eigenvalue weighted by molar-refractivity contribution is 5.94. The molecule has 0 fully saturated rings. The second-order valence-corrected chi connectivity index (χ2v) is 6.69. The summed E-state index contributed by atoms with van der Waals surface area (Å²) in [7, 11) is 0. The lowest BCUT2D eigenvalue weighted by molar-refractivity contribution is -0.109. The number of imidazole rings is 1. The zero-order valence-electron chi connectivity index (χ0n) is 16.1. The van der Waals surface area contributed by atoms with Crippen LogP contribution in [0.25, 0.3) is 17.1 Å². The Morgan fingerprint density at radius 2 is 1.60 bits per heavy atom. The van der Waals surface area contributed by atoms with Crippen molar-refractivity contribution < 1.29 is 9.59 Å². The predicted molar refractivity (Wildman–Crippen MR) is 112 cm³/mol. The molecule has 2 aromatic carbocycles. The molecule has 2 heterocycles. The number of carbonyl (C=O) groups is 2. The van der Waals surface area contributed by atoms with E-state index in [2.05, 4.69) is 20.3 Å². The van der Waals surface area contributed by atoms with Crippen molar-refractivity contribution in [3.63, 3.8) is 0 Å². The smallest absolute Gasteiger partial charge is 0.270 e. The van der Waals surface area contributed by atoms with E-state index < -0.39 is 11.9 Å². The zero-order valence-corrected chi connectivity index (χ0v) is 16.1. The summed E-state index contributed by atoms with van der Waals surface area (Å²) in [6.07, 6.45) is 7.43. The molecule has 148 valence electrons. The number of hydrogen-bond acceptors (Lipinski definition) is 5. The molecule has 0 saturated carbocycles. The summed E-state index contributed by atoms with van der Waals surface area (Å²) < 4.78 is 1.49. The fourth-order valence-electron chi connectivity index (χ4n) is 3.09. The molecule has 1 unspecified atom stereocenters. The summed E-state index contributed by atoms with van der Waals surface area (Å²) in [6.45, 7) is 0. The van der Waals surface area contributed by atoms with Gasteiger partial charge in [0.15, 0.2) is 0 Å². The normalized spacial score (nSPS) is 11.6. The van der Waals surface area contributed by atoms with E-state index in [0.717, 1.165) is 23.0 Å². The predicted octanol–water partition coefficient (Wildman–Crippen LogP) is 2.87. The molecule has 7 nitrogen and oxygen atoms in total. The van der Waals surface area contributed by atoms with E-state index in [1.807, 2.05) is 60.7 Å². The highest BCUT2D eigenvalue weighted by atomic mass is 16.2. The molecule has 0 aliphatic heterocycles. The van der Waals surface area contributed by atoms with Crippen LogP contribution in [0.1, 0.15) is 16.1 Å². The number of amides is 1. The first kappa shape index (κ1) is 19.2. The molecule has 1 amide bonds. The third kappa shape index (κ3) is 4.30. The van der Waals surface area contributed by atoms with Crippen LogP contribution in [-0.2, 0) is 11.2 Å². The number of aldehydes is 1. The molecule has 0 saturated heterocycles. The quantitative estimate of drug-likeness (QED) is 0.484. The Kier molecular flexibility index (Phi) is 5.70. The van der Waals surface area contributed by atoms with E-state index in [4.69, 9.17) is 0 Å². The highest BCUT2D eigenvalue weighted by Crippen LogP contribution is 2.17. The topological polar surface area (TPSA) is 89.8 Å². The van der Waals surface area contributed by atoms with Gasteiger partial charge in [0, 0.05) is 18.0 Å². The molecule has 4 aromatic rings. The number of hydrogen-bond donors (Lipinski definition) is 1. The van der Waals surface area contributed by atoms with Gasteiger partial charge in [0.1, 0.15) is 18.3 Å². The average Bonchev–Trinajstić information content (AvgIpc) is 3.30. The third-order valence-corrected chi connectivity index (χ3v) is 4.61. The molecule has 2 aromatic heterocycles.